The van der Waals surface area contributed by atoms with Gasteiger partial charge in [0.05, 0.1) is 32.4 Å². The van der Waals surface area contributed by atoms with Crippen LogP contribution in [-0.4, -0.2) is 26.3 Å². The van der Waals surface area contributed by atoms with Gasteiger partial charge in [-0.3, -0.25) is 0 Å². The van der Waals surface area contributed by atoms with Gasteiger partial charge in [0, 0.05) is 16.8 Å². The Kier molecular flexibility index (Phi) is 2.71. The summed E-state index contributed by atoms with van der Waals surface area (Å²) in [5.74, 6) is 2.26. The van der Waals surface area contributed by atoms with Gasteiger partial charge in [0.25, 0.3) is 0 Å². The van der Waals surface area contributed by atoms with E-state index in [4.69, 9.17) is 14.2 Å². The largest absolute Gasteiger partial charge is 0.495 e. The molecule has 0 radical (unpaired) electrons. The molecule has 0 spiro atoms. The van der Waals surface area contributed by atoms with Gasteiger partial charge in [-0.2, -0.15) is 0 Å². The van der Waals surface area contributed by atoms with Gasteiger partial charge in [0.2, 0.25) is 0 Å². The minimum Gasteiger partial charge on any atom is -0.495 e. The van der Waals surface area contributed by atoms with Crippen molar-refractivity contribution in [3.63, 3.8) is 0 Å². The lowest BCUT2D eigenvalue weighted by Gasteiger charge is -2.07. The lowest BCUT2D eigenvalue weighted by Crippen LogP contribution is -1.89. The Morgan fingerprint density at radius 2 is 1.47 bits per heavy atom. The van der Waals surface area contributed by atoms with E-state index >= 15 is 0 Å². The molecular formula is C15H15NO3. The molecule has 19 heavy (non-hydrogen) atoms. The molecule has 1 aromatic heterocycles. The van der Waals surface area contributed by atoms with Crippen LogP contribution in [0.4, 0.5) is 0 Å². The maximum absolute atomic E-state index is 5.38. The second kappa shape index (κ2) is 4.39. The molecule has 3 rings (SSSR count). The summed E-state index contributed by atoms with van der Waals surface area (Å²) in [5.41, 5.74) is 1.98. The highest BCUT2D eigenvalue weighted by molar-refractivity contribution is 6.10. The topological polar surface area (TPSA) is 43.5 Å². The van der Waals surface area contributed by atoms with Crippen molar-refractivity contribution in [3.8, 4) is 17.2 Å². The van der Waals surface area contributed by atoms with E-state index in [0.29, 0.717) is 5.75 Å². The van der Waals surface area contributed by atoms with Crippen molar-refractivity contribution in [2.75, 3.05) is 21.3 Å². The summed E-state index contributed by atoms with van der Waals surface area (Å²) in [4.78, 5) is 3.36. The third-order valence-corrected chi connectivity index (χ3v) is 3.32. The zero-order chi connectivity index (χ0) is 13.4. The summed E-state index contributed by atoms with van der Waals surface area (Å²) in [6.45, 7) is 0. The minimum absolute atomic E-state index is 0.709. The fourth-order valence-corrected chi connectivity index (χ4v) is 2.39. The monoisotopic (exact) mass is 257 g/mol. The first-order valence-corrected chi connectivity index (χ1v) is 5.99. The van der Waals surface area contributed by atoms with Crippen LogP contribution >= 0.6 is 0 Å². The van der Waals surface area contributed by atoms with Gasteiger partial charge in [-0.05, 0) is 12.1 Å². The van der Waals surface area contributed by atoms with Crippen LogP contribution in [-0.2, 0) is 0 Å². The molecule has 0 amide bonds. The molecule has 4 heteroatoms. The van der Waals surface area contributed by atoms with Crippen LogP contribution in [0.3, 0.4) is 0 Å². The van der Waals surface area contributed by atoms with Gasteiger partial charge in [-0.15, -0.1) is 0 Å². The number of ether oxygens (including phenoxy) is 3. The molecule has 0 fully saturated rings. The highest BCUT2D eigenvalue weighted by Gasteiger charge is 2.12. The number of para-hydroxylation sites is 1. The van der Waals surface area contributed by atoms with Crippen molar-refractivity contribution in [2.45, 2.75) is 0 Å². The minimum atomic E-state index is 0.709. The first-order chi connectivity index (χ1) is 9.28. The predicted molar refractivity (Wildman–Crippen MR) is 75.5 cm³/mol. The average molecular weight is 257 g/mol. The van der Waals surface area contributed by atoms with Crippen molar-refractivity contribution >= 4 is 21.8 Å². The Labute approximate surface area is 110 Å². The van der Waals surface area contributed by atoms with Crippen LogP contribution in [0.2, 0.25) is 0 Å². The van der Waals surface area contributed by atoms with Gasteiger partial charge < -0.3 is 19.2 Å². The Hall–Kier alpha value is -2.36. The normalized spacial score (nSPS) is 10.9. The zero-order valence-electron chi connectivity index (χ0n) is 11.1. The molecule has 0 saturated carbocycles. The number of hydrogen-bond acceptors (Lipinski definition) is 3. The summed E-state index contributed by atoms with van der Waals surface area (Å²) < 4.78 is 16.0. The van der Waals surface area contributed by atoms with Crippen molar-refractivity contribution < 1.29 is 14.2 Å². The zero-order valence-corrected chi connectivity index (χ0v) is 11.1. The molecule has 1 heterocycles. The molecule has 0 aliphatic heterocycles. The summed E-state index contributed by atoms with van der Waals surface area (Å²) in [5, 5.41) is 2.20. The van der Waals surface area contributed by atoms with Crippen LogP contribution < -0.4 is 14.2 Å². The van der Waals surface area contributed by atoms with E-state index in [1.54, 1.807) is 21.3 Å². The second-order valence-electron chi connectivity index (χ2n) is 4.26. The molecule has 0 unspecified atom stereocenters. The molecule has 0 atom stereocenters. The average Bonchev–Trinajstić information content (AvgIpc) is 2.83. The summed E-state index contributed by atoms with van der Waals surface area (Å²) in [7, 11) is 4.94. The predicted octanol–water partition coefficient (Wildman–Crippen LogP) is 3.35. The SMILES string of the molecule is COc1cc2[nH]c3c(OC)cccc3c2cc1OC. The van der Waals surface area contributed by atoms with Crippen molar-refractivity contribution in [1.82, 2.24) is 4.98 Å². The third kappa shape index (κ3) is 1.68. The van der Waals surface area contributed by atoms with E-state index in [1.165, 1.54) is 0 Å². The third-order valence-electron chi connectivity index (χ3n) is 3.32. The smallest absolute Gasteiger partial charge is 0.162 e. The maximum atomic E-state index is 5.38. The molecule has 4 nitrogen and oxygen atoms in total. The van der Waals surface area contributed by atoms with E-state index in [-0.39, 0.29) is 0 Å². The molecule has 0 aliphatic rings. The highest BCUT2D eigenvalue weighted by Crippen LogP contribution is 2.37. The number of aromatic amines is 1. The van der Waals surface area contributed by atoms with Crippen molar-refractivity contribution in [1.29, 1.82) is 0 Å². The molecule has 0 saturated heterocycles. The number of hydrogen-bond donors (Lipinski definition) is 1. The van der Waals surface area contributed by atoms with Gasteiger partial charge in [-0.1, -0.05) is 12.1 Å². The fraction of sp³-hybridized carbons (Fsp3) is 0.200. The number of rotatable bonds is 3. The van der Waals surface area contributed by atoms with Gasteiger partial charge in [-0.25, -0.2) is 0 Å². The fourth-order valence-electron chi connectivity index (χ4n) is 2.39. The Morgan fingerprint density at radius 3 is 2.16 bits per heavy atom. The molecule has 1 N–H and O–H groups in total. The molecule has 2 aromatic carbocycles. The summed E-state index contributed by atoms with van der Waals surface area (Å²) in [6.07, 6.45) is 0. The number of fused-ring (bicyclic) bond motifs is 3. The Morgan fingerprint density at radius 1 is 0.789 bits per heavy atom. The van der Waals surface area contributed by atoms with Crippen molar-refractivity contribution in [3.05, 3.63) is 30.3 Å². The quantitative estimate of drug-likeness (QED) is 0.782. The van der Waals surface area contributed by atoms with Crippen LogP contribution in [0.15, 0.2) is 30.3 Å². The lowest BCUT2D eigenvalue weighted by atomic mass is 10.1. The van der Waals surface area contributed by atoms with E-state index < -0.39 is 0 Å². The number of H-pyrrole nitrogens is 1. The van der Waals surface area contributed by atoms with Crippen LogP contribution in [0.1, 0.15) is 0 Å². The van der Waals surface area contributed by atoms with Crippen molar-refractivity contribution in [2.24, 2.45) is 0 Å². The van der Waals surface area contributed by atoms with Crippen LogP contribution in [0.25, 0.3) is 21.8 Å². The molecule has 0 bridgehead atoms. The van der Waals surface area contributed by atoms with Gasteiger partial charge in [0.1, 0.15) is 5.75 Å². The summed E-state index contributed by atoms with van der Waals surface area (Å²) >= 11 is 0. The maximum Gasteiger partial charge on any atom is 0.162 e. The number of benzene rings is 2. The standard InChI is InChI=1S/C15H15NO3/c1-17-12-6-4-5-9-10-7-13(18-2)14(19-3)8-11(10)16-15(9)12/h4-8,16H,1-3H3. The number of nitrogens with one attached hydrogen (secondary N) is 1. The Bertz CT molecular complexity index is 746. The first-order valence-electron chi connectivity index (χ1n) is 5.99. The summed E-state index contributed by atoms with van der Waals surface area (Å²) in [6, 6.07) is 9.89. The molecular weight excluding hydrogens is 242 g/mol. The number of aromatic nitrogens is 1. The first kappa shape index (κ1) is 11.7. The Balaban J connectivity index is 2.40. The molecule has 98 valence electrons. The van der Waals surface area contributed by atoms with Crippen LogP contribution in [0.5, 0.6) is 17.2 Å². The van der Waals surface area contributed by atoms with E-state index in [1.807, 2.05) is 24.3 Å². The second-order valence-corrected chi connectivity index (χ2v) is 4.26. The lowest BCUT2D eigenvalue weighted by molar-refractivity contribution is 0.356. The van der Waals surface area contributed by atoms with E-state index in [9.17, 15) is 0 Å². The molecule has 3 aromatic rings. The van der Waals surface area contributed by atoms with Gasteiger partial charge >= 0.3 is 0 Å². The number of methoxy groups -OCH3 is 3. The van der Waals surface area contributed by atoms with Crippen LogP contribution in [0, 0.1) is 0 Å². The molecule has 0 aliphatic carbocycles. The van der Waals surface area contributed by atoms with Gasteiger partial charge in [0.15, 0.2) is 11.5 Å². The highest BCUT2D eigenvalue weighted by atomic mass is 16.5. The van der Waals surface area contributed by atoms with E-state index in [0.717, 1.165) is 33.3 Å². The van der Waals surface area contributed by atoms with E-state index in [2.05, 4.69) is 11.1 Å².